The number of piperidine rings is 1. The number of hydrogen-bond acceptors (Lipinski definition) is 5. The minimum atomic E-state index is -0.418. The van der Waals surface area contributed by atoms with Gasteiger partial charge in [-0.2, -0.15) is 0 Å². The average Bonchev–Trinajstić information content (AvgIpc) is 2.96. The summed E-state index contributed by atoms with van der Waals surface area (Å²) in [5, 5.41) is 3.37. The Bertz CT molecular complexity index is 444. The molecule has 1 aliphatic heterocycles. The smallest absolute Gasteiger partial charge is 0.374 e. The Balaban J connectivity index is 1.66. The quantitative estimate of drug-likeness (QED) is 0.618. The molecule has 0 aliphatic carbocycles. The van der Waals surface area contributed by atoms with Gasteiger partial charge in [0.05, 0.1) is 13.4 Å². The van der Waals surface area contributed by atoms with Gasteiger partial charge in [0.1, 0.15) is 0 Å². The van der Waals surface area contributed by atoms with Gasteiger partial charge < -0.3 is 19.4 Å². The van der Waals surface area contributed by atoms with Crippen LogP contribution in [0, 0.1) is 0 Å². The Morgan fingerprint density at radius 1 is 1.52 bits per heavy atom. The van der Waals surface area contributed by atoms with Crippen molar-refractivity contribution in [3.8, 4) is 0 Å². The standard InChI is InChI=1S/C16H26N2O3/c1-13-6-3-4-9-18(13)10-5-8-17-12-14-7-11-21-15(14)16(19)20-2/h7,11,13,17H,3-6,8-10,12H2,1-2H3. The minimum Gasteiger partial charge on any atom is -0.463 e. The van der Waals surface area contributed by atoms with E-state index in [1.54, 1.807) is 0 Å². The fourth-order valence-electron chi connectivity index (χ4n) is 2.87. The van der Waals surface area contributed by atoms with Gasteiger partial charge in [0.2, 0.25) is 5.76 Å². The first-order valence-corrected chi connectivity index (χ1v) is 7.82. The molecular weight excluding hydrogens is 268 g/mol. The van der Waals surface area contributed by atoms with Crippen LogP contribution in [-0.2, 0) is 11.3 Å². The molecule has 0 spiro atoms. The Hall–Kier alpha value is -1.33. The Kier molecular flexibility index (Phi) is 6.26. The van der Waals surface area contributed by atoms with Crippen LogP contribution in [0.2, 0.25) is 0 Å². The van der Waals surface area contributed by atoms with Crippen molar-refractivity contribution >= 4 is 5.97 Å². The molecule has 2 heterocycles. The maximum absolute atomic E-state index is 11.5. The minimum absolute atomic E-state index is 0.301. The van der Waals surface area contributed by atoms with E-state index < -0.39 is 5.97 Å². The second kappa shape index (κ2) is 8.20. The van der Waals surface area contributed by atoms with Crippen molar-refractivity contribution in [2.45, 2.75) is 45.2 Å². The molecule has 1 atom stereocenters. The summed E-state index contributed by atoms with van der Waals surface area (Å²) in [6.07, 6.45) is 6.67. The Morgan fingerprint density at radius 3 is 3.14 bits per heavy atom. The van der Waals surface area contributed by atoms with E-state index in [9.17, 15) is 4.79 Å². The molecular formula is C16H26N2O3. The van der Waals surface area contributed by atoms with E-state index in [-0.39, 0.29) is 0 Å². The Morgan fingerprint density at radius 2 is 2.38 bits per heavy atom. The summed E-state index contributed by atoms with van der Waals surface area (Å²) in [6, 6.07) is 2.53. The molecule has 118 valence electrons. The van der Waals surface area contributed by atoms with Crippen LogP contribution in [0.15, 0.2) is 16.7 Å². The molecule has 1 aromatic rings. The summed E-state index contributed by atoms with van der Waals surface area (Å²) in [4.78, 5) is 14.0. The lowest BCUT2D eigenvalue weighted by atomic mass is 10.0. The van der Waals surface area contributed by atoms with E-state index in [1.807, 2.05) is 6.07 Å². The van der Waals surface area contributed by atoms with Gasteiger partial charge >= 0.3 is 5.97 Å². The van der Waals surface area contributed by atoms with Crippen molar-refractivity contribution < 1.29 is 13.9 Å². The van der Waals surface area contributed by atoms with Gasteiger partial charge in [-0.15, -0.1) is 0 Å². The SMILES string of the molecule is COC(=O)c1occc1CNCCCN1CCCCC1C. The van der Waals surface area contributed by atoms with Gasteiger partial charge in [0.15, 0.2) is 0 Å². The zero-order valence-electron chi connectivity index (χ0n) is 13.1. The fraction of sp³-hybridized carbons (Fsp3) is 0.688. The molecule has 0 bridgehead atoms. The van der Waals surface area contributed by atoms with Gasteiger partial charge in [0, 0.05) is 18.2 Å². The van der Waals surface area contributed by atoms with Crippen LogP contribution in [-0.4, -0.2) is 43.7 Å². The zero-order chi connectivity index (χ0) is 15.1. The second-order valence-corrected chi connectivity index (χ2v) is 5.68. The number of hydrogen-bond donors (Lipinski definition) is 1. The van der Waals surface area contributed by atoms with Crippen molar-refractivity contribution in [3.63, 3.8) is 0 Å². The first-order valence-electron chi connectivity index (χ1n) is 7.82. The Labute approximate surface area is 126 Å². The number of nitrogens with zero attached hydrogens (tertiary/aromatic N) is 1. The van der Waals surface area contributed by atoms with E-state index in [0.717, 1.165) is 31.1 Å². The van der Waals surface area contributed by atoms with Crippen LogP contribution in [0.4, 0.5) is 0 Å². The number of carbonyl (C=O) groups is 1. The molecule has 1 aliphatic rings. The highest BCUT2D eigenvalue weighted by atomic mass is 16.5. The maximum Gasteiger partial charge on any atom is 0.374 e. The fourth-order valence-corrected chi connectivity index (χ4v) is 2.87. The van der Waals surface area contributed by atoms with Crippen LogP contribution in [0.5, 0.6) is 0 Å². The van der Waals surface area contributed by atoms with Gasteiger partial charge in [-0.05, 0) is 51.9 Å². The van der Waals surface area contributed by atoms with E-state index >= 15 is 0 Å². The maximum atomic E-state index is 11.5. The second-order valence-electron chi connectivity index (χ2n) is 5.68. The molecule has 5 heteroatoms. The largest absolute Gasteiger partial charge is 0.463 e. The average molecular weight is 294 g/mol. The number of rotatable bonds is 7. The normalized spacial score (nSPS) is 19.6. The molecule has 1 aromatic heterocycles. The third kappa shape index (κ3) is 4.58. The lowest BCUT2D eigenvalue weighted by Gasteiger charge is -2.33. The first kappa shape index (κ1) is 16.0. The molecule has 0 amide bonds. The van der Waals surface area contributed by atoms with Crippen molar-refractivity contribution in [1.29, 1.82) is 0 Å². The van der Waals surface area contributed by atoms with Crippen LogP contribution in [0.25, 0.3) is 0 Å². The highest BCUT2D eigenvalue weighted by Gasteiger charge is 2.17. The number of carbonyl (C=O) groups excluding carboxylic acids is 1. The van der Waals surface area contributed by atoms with Crippen LogP contribution < -0.4 is 5.32 Å². The van der Waals surface area contributed by atoms with Gasteiger partial charge in [-0.1, -0.05) is 6.42 Å². The molecule has 0 saturated carbocycles. The number of likely N-dealkylation sites (tertiary alicyclic amines) is 1. The van der Waals surface area contributed by atoms with Crippen LogP contribution in [0.1, 0.15) is 48.7 Å². The number of furan rings is 1. The highest BCUT2D eigenvalue weighted by molar-refractivity contribution is 5.87. The van der Waals surface area contributed by atoms with Crippen molar-refractivity contribution in [2.75, 3.05) is 26.7 Å². The molecule has 1 unspecified atom stereocenters. The topological polar surface area (TPSA) is 54.7 Å². The van der Waals surface area contributed by atoms with Gasteiger partial charge in [-0.3, -0.25) is 0 Å². The number of nitrogens with one attached hydrogen (secondary N) is 1. The van der Waals surface area contributed by atoms with Crippen molar-refractivity contribution in [2.24, 2.45) is 0 Å². The summed E-state index contributed by atoms with van der Waals surface area (Å²) in [5.74, 6) is -0.117. The van der Waals surface area contributed by atoms with Crippen molar-refractivity contribution in [3.05, 3.63) is 23.7 Å². The molecule has 2 rings (SSSR count). The summed E-state index contributed by atoms with van der Waals surface area (Å²) in [7, 11) is 1.36. The third-order valence-electron chi connectivity index (χ3n) is 4.17. The van der Waals surface area contributed by atoms with E-state index in [2.05, 4.69) is 21.9 Å². The summed E-state index contributed by atoms with van der Waals surface area (Å²) >= 11 is 0. The summed E-state index contributed by atoms with van der Waals surface area (Å²) < 4.78 is 9.85. The number of ether oxygens (including phenoxy) is 1. The monoisotopic (exact) mass is 294 g/mol. The van der Waals surface area contributed by atoms with E-state index in [1.165, 1.54) is 39.2 Å². The zero-order valence-corrected chi connectivity index (χ0v) is 13.1. The lowest BCUT2D eigenvalue weighted by molar-refractivity contribution is 0.0563. The summed E-state index contributed by atoms with van der Waals surface area (Å²) in [5.41, 5.74) is 0.855. The molecule has 1 fully saturated rings. The van der Waals surface area contributed by atoms with Gasteiger partial charge in [0.25, 0.3) is 0 Å². The predicted octanol–water partition coefficient (Wildman–Crippen LogP) is 2.42. The highest BCUT2D eigenvalue weighted by Crippen LogP contribution is 2.16. The van der Waals surface area contributed by atoms with Gasteiger partial charge in [-0.25, -0.2) is 4.79 Å². The predicted molar refractivity (Wildman–Crippen MR) is 81.3 cm³/mol. The molecule has 0 aromatic carbocycles. The lowest BCUT2D eigenvalue weighted by Crippen LogP contribution is -2.38. The molecule has 5 nitrogen and oxygen atoms in total. The van der Waals surface area contributed by atoms with Crippen molar-refractivity contribution in [1.82, 2.24) is 10.2 Å². The number of esters is 1. The third-order valence-corrected chi connectivity index (χ3v) is 4.17. The first-order chi connectivity index (χ1) is 10.2. The molecule has 0 radical (unpaired) electrons. The van der Waals surface area contributed by atoms with E-state index in [0.29, 0.717) is 12.3 Å². The molecule has 1 N–H and O–H groups in total. The van der Waals surface area contributed by atoms with Crippen LogP contribution >= 0.6 is 0 Å². The summed E-state index contributed by atoms with van der Waals surface area (Å²) in [6.45, 7) is 6.27. The molecule has 1 saturated heterocycles. The number of methoxy groups -OCH3 is 1. The van der Waals surface area contributed by atoms with Crippen LogP contribution in [0.3, 0.4) is 0 Å². The van der Waals surface area contributed by atoms with E-state index in [4.69, 9.17) is 4.42 Å². The molecule has 21 heavy (non-hydrogen) atoms.